The topological polar surface area (TPSA) is 21.1 Å². The van der Waals surface area contributed by atoms with Crippen LogP contribution in [-0.2, 0) is 13.1 Å². The van der Waals surface area contributed by atoms with Crippen molar-refractivity contribution in [3.05, 3.63) is 17.5 Å². The summed E-state index contributed by atoms with van der Waals surface area (Å²) in [4.78, 5) is 2.35. The van der Waals surface area contributed by atoms with E-state index in [-0.39, 0.29) is 0 Å². The van der Waals surface area contributed by atoms with E-state index in [0.717, 1.165) is 25.6 Å². The summed E-state index contributed by atoms with van der Waals surface area (Å²) in [6, 6.07) is 2.30. The Labute approximate surface area is 92.1 Å². The molecule has 0 radical (unpaired) electrons. The maximum absolute atomic E-state index is 4.64. The molecule has 3 nitrogen and oxygen atoms in total. The summed E-state index contributed by atoms with van der Waals surface area (Å²) in [6.07, 6.45) is 2.71. The Morgan fingerprint density at radius 3 is 2.67 bits per heavy atom. The molecule has 1 aromatic heterocycles. The highest BCUT2D eigenvalue weighted by atomic mass is 15.3. The quantitative estimate of drug-likeness (QED) is 0.704. The maximum atomic E-state index is 4.64. The molecule has 0 amide bonds. The Kier molecular flexibility index (Phi) is 3.10. The van der Waals surface area contributed by atoms with Gasteiger partial charge in [0.25, 0.3) is 0 Å². The number of aromatic nitrogens is 2. The van der Waals surface area contributed by atoms with Crippen molar-refractivity contribution in [2.45, 2.75) is 45.7 Å². The molecular weight excluding hydrogens is 186 g/mol. The van der Waals surface area contributed by atoms with Crippen molar-refractivity contribution in [1.29, 1.82) is 0 Å². The molecule has 15 heavy (non-hydrogen) atoms. The lowest BCUT2D eigenvalue weighted by Crippen LogP contribution is -2.30. The molecule has 0 N–H and O–H groups in total. The first kappa shape index (κ1) is 10.7. The Hall–Kier alpha value is -0.830. The molecule has 1 fully saturated rings. The fourth-order valence-electron chi connectivity index (χ4n) is 2.00. The first-order chi connectivity index (χ1) is 7.33. The maximum Gasteiger partial charge on any atom is 0.0658 e. The predicted octanol–water partition coefficient (Wildman–Crippen LogP) is 2.23. The van der Waals surface area contributed by atoms with E-state index < -0.39 is 0 Å². The number of hydrogen-bond donors (Lipinski definition) is 0. The average molecular weight is 207 g/mol. The van der Waals surface area contributed by atoms with Gasteiger partial charge in [0, 0.05) is 19.0 Å². The van der Waals surface area contributed by atoms with E-state index in [4.69, 9.17) is 0 Å². The van der Waals surface area contributed by atoms with Crippen molar-refractivity contribution in [2.24, 2.45) is 0 Å². The van der Waals surface area contributed by atoms with E-state index in [1.54, 1.807) is 0 Å². The van der Waals surface area contributed by atoms with Gasteiger partial charge >= 0.3 is 0 Å². The zero-order valence-electron chi connectivity index (χ0n) is 10.0. The summed E-state index contributed by atoms with van der Waals surface area (Å²) in [7, 11) is 2.17. The molecule has 3 heteroatoms. The summed E-state index contributed by atoms with van der Waals surface area (Å²) in [5.74, 6) is 0.795. The van der Waals surface area contributed by atoms with Crippen LogP contribution in [0.3, 0.4) is 0 Å². The first-order valence-electron chi connectivity index (χ1n) is 6.08. The molecule has 0 saturated heterocycles. The van der Waals surface area contributed by atoms with E-state index in [9.17, 15) is 0 Å². The number of likely N-dealkylation sites (N-methyl/N-ethyl adjacent to an activating group) is 1. The summed E-state index contributed by atoms with van der Waals surface area (Å²) < 4.78 is 2.19. The standard InChI is InChI=1S/C10H15N3.C2H6/c1-12-4-5-13-9(7-12)6-10(11-13)8-2-3-8;1-2/h6,8H,2-5,7H2,1H3;1-2H3. The van der Waals surface area contributed by atoms with Crippen molar-refractivity contribution in [3.8, 4) is 0 Å². The van der Waals surface area contributed by atoms with Crippen LogP contribution in [0.4, 0.5) is 0 Å². The van der Waals surface area contributed by atoms with E-state index in [1.807, 2.05) is 13.8 Å². The lowest BCUT2D eigenvalue weighted by molar-refractivity contribution is 0.258. The monoisotopic (exact) mass is 207 g/mol. The van der Waals surface area contributed by atoms with Crippen molar-refractivity contribution in [1.82, 2.24) is 14.7 Å². The van der Waals surface area contributed by atoms with E-state index in [1.165, 1.54) is 24.2 Å². The summed E-state index contributed by atoms with van der Waals surface area (Å²) >= 11 is 0. The molecule has 2 heterocycles. The van der Waals surface area contributed by atoms with Crippen LogP contribution in [0.1, 0.15) is 44.0 Å². The van der Waals surface area contributed by atoms with Gasteiger partial charge in [-0.25, -0.2) is 0 Å². The highest BCUT2D eigenvalue weighted by Gasteiger charge is 2.28. The molecular formula is C12H21N3. The minimum absolute atomic E-state index is 0.795. The van der Waals surface area contributed by atoms with E-state index in [0.29, 0.717) is 0 Å². The molecule has 1 saturated carbocycles. The van der Waals surface area contributed by atoms with Gasteiger partial charge in [0.15, 0.2) is 0 Å². The summed E-state index contributed by atoms with van der Waals surface area (Å²) in [5, 5.41) is 4.64. The highest BCUT2D eigenvalue weighted by molar-refractivity contribution is 5.19. The number of rotatable bonds is 1. The SMILES string of the molecule is CC.CN1CCn2nc(C3CC3)cc2C1. The summed E-state index contributed by atoms with van der Waals surface area (Å²) in [6.45, 7) is 7.27. The van der Waals surface area contributed by atoms with Crippen LogP contribution >= 0.6 is 0 Å². The molecule has 1 aromatic rings. The van der Waals surface area contributed by atoms with Gasteiger partial charge in [-0.05, 0) is 26.0 Å². The van der Waals surface area contributed by atoms with Crippen LogP contribution in [0.25, 0.3) is 0 Å². The molecule has 1 aliphatic carbocycles. The molecule has 1 aliphatic heterocycles. The van der Waals surface area contributed by atoms with Crippen LogP contribution in [0, 0.1) is 0 Å². The van der Waals surface area contributed by atoms with Gasteiger partial charge in [0.1, 0.15) is 0 Å². The van der Waals surface area contributed by atoms with Crippen molar-refractivity contribution in [2.75, 3.05) is 13.6 Å². The zero-order valence-corrected chi connectivity index (χ0v) is 10.0. The van der Waals surface area contributed by atoms with Gasteiger partial charge in [-0.1, -0.05) is 13.8 Å². The minimum atomic E-state index is 0.795. The van der Waals surface area contributed by atoms with Crippen LogP contribution in [-0.4, -0.2) is 28.3 Å². The second kappa shape index (κ2) is 4.35. The van der Waals surface area contributed by atoms with Crippen LogP contribution in [0.5, 0.6) is 0 Å². The van der Waals surface area contributed by atoms with Gasteiger partial charge in [0.05, 0.1) is 17.9 Å². The third-order valence-electron chi connectivity index (χ3n) is 3.00. The number of hydrogen-bond acceptors (Lipinski definition) is 2. The molecule has 0 aromatic carbocycles. The Balaban J connectivity index is 0.000000404. The van der Waals surface area contributed by atoms with Crippen LogP contribution in [0.15, 0.2) is 6.07 Å². The second-order valence-electron chi connectivity index (χ2n) is 4.30. The Morgan fingerprint density at radius 2 is 2.00 bits per heavy atom. The molecule has 0 spiro atoms. The van der Waals surface area contributed by atoms with Gasteiger partial charge in [-0.15, -0.1) is 0 Å². The van der Waals surface area contributed by atoms with E-state index >= 15 is 0 Å². The van der Waals surface area contributed by atoms with Gasteiger partial charge in [-0.3, -0.25) is 9.58 Å². The summed E-state index contributed by atoms with van der Waals surface area (Å²) in [5.41, 5.74) is 2.74. The van der Waals surface area contributed by atoms with Crippen LogP contribution < -0.4 is 0 Å². The van der Waals surface area contributed by atoms with Crippen molar-refractivity contribution >= 4 is 0 Å². The number of fused-ring (bicyclic) bond motifs is 1. The Bertz CT molecular complexity index is 326. The smallest absolute Gasteiger partial charge is 0.0658 e. The third kappa shape index (κ3) is 2.23. The highest BCUT2D eigenvalue weighted by Crippen LogP contribution is 2.39. The number of nitrogens with zero attached hydrogens (tertiary/aromatic N) is 3. The zero-order chi connectivity index (χ0) is 10.8. The van der Waals surface area contributed by atoms with Crippen molar-refractivity contribution < 1.29 is 0 Å². The predicted molar refractivity (Wildman–Crippen MR) is 61.9 cm³/mol. The molecule has 0 bridgehead atoms. The van der Waals surface area contributed by atoms with E-state index in [2.05, 4.69) is 27.8 Å². The van der Waals surface area contributed by atoms with Crippen molar-refractivity contribution in [3.63, 3.8) is 0 Å². The minimum Gasteiger partial charge on any atom is -0.299 e. The third-order valence-corrected chi connectivity index (χ3v) is 3.00. The largest absolute Gasteiger partial charge is 0.299 e. The first-order valence-corrected chi connectivity index (χ1v) is 6.08. The fourth-order valence-corrected chi connectivity index (χ4v) is 2.00. The second-order valence-corrected chi connectivity index (χ2v) is 4.30. The lowest BCUT2D eigenvalue weighted by atomic mass is 10.2. The lowest BCUT2D eigenvalue weighted by Gasteiger charge is -2.22. The normalized spacial score (nSPS) is 20.5. The molecule has 0 unspecified atom stereocenters. The molecule has 2 aliphatic rings. The average Bonchev–Trinajstić information content (AvgIpc) is 3.02. The van der Waals surface area contributed by atoms with Gasteiger partial charge < -0.3 is 0 Å². The molecule has 84 valence electrons. The van der Waals surface area contributed by atoms with Gasteiger partial charge in [-0.2, -0.15) is 5.10 Å². The Morgan fingerprint density at radius 1 is 1.27 bits per heavy atom. The van der Waals surface area contributed by atoms with Gasteiger partial charge in [0.2, 0.25) is 0 Å². The molecule has 0 atom stereocenters. The molecule has 3 rings (SSSR count). The van der Waals surface area contributed by atoms with Crippen LogP contribution in [0.2, 0.25) is 0 Å². The fraction of sp³-hybridized carbons (Fsp3) is 0.750.